The molecule has 2 N–H and O–H groups in total. The highest BCUT2D eigenvalue weighted by Gasteiger charge is 2.10. The lowest BCUT2D eigenvalue weighted by atomic mass is 10.0. The maximum atomic E-state index is 4.34. The molecule has 0 fully saturated rings. The van der Waals surface area contributed by atoms with Crippen LogP contribution in [0.25, 0.3) is 5.65 Å². The van der Waals surface area contributed by atoms with Crippen LogP contribution in [0.3, 0.4) is 0 Å². The Hall–Kier alpha value is -2.63. The Balaban J connectivity index is 1.70. The summed E-state index contributed by atoms with van der Waals surface area (Å²) in [5, 5.41) is 14.7. The van der Waals surface area contributed by atoms with E-state index in [1.807, 2.05) is 10.6 Å². The molecule has 0 saturated carbocycles. The predicted octanol–water partition coefficient (Wildman–Crippen LogP) is 2.23. The number of hydrogen-bond donors (Lipinski definition) is 2. The highest BCUT2D eigenvalue weighted by molar-refractivity contribution is 5.71. The van der Waals surface area contributed by atoms with E-state index in [-0.39, 0.29) is 0 Å². The number of aryl methyl sites for hydroxylation is 1. The molecule has 0 bridgehead atoms. The van der Waals surface area contributed by atoms with E-state index in [0.717, 1.165) is 24.3 Å². The molecule has 6 nitrogen and oxygen atoms in total. The van der Waals surface area contributed by atoms with E-state index < -0.39 is 0 Å². The summed E-state index contributed by atoms with van der Waals surface area (Å²) in [5.41, 5.74) is 4.32. The summed E-state index contributed by atoms with van der Waals surface area (Å²) in [5.74, 6) is 0.716. The summed E-state index contributed by atoms with van der Waals surface area (Å²) in [4.78, 5) is 4.34. The monoisotopic (exact) mass is 266 g/mol. The van der Waals surface area contributed by atoms with Crippen molar-refractivity contribution in [1.29, 1.82) is 0 Å². The number of fused-ring (bicyclic) bond motifs is 2. The van der Waals surface area contributed by atoms with Crippen molar-refractivity contribution in [1.82, 2.24) is 19.6 Å². The molecule has 1 aliphatic heterocycles. The van der Waals surface area contributed by atoms with Crippen LogP contribution in [0, 0.1) is 0 Å². The molecule has 1 aliphatic rings. The third-order valence-electron chi connectivity index (χ3n) is 3.52. The van der Waals surface area contributed by atoms with Crippen LogP contribution in [0.1, 0.15) is 12.0 Å². The Bertz CT molecular complexity index is 763. The Morgan fingerprint density at radius 1 is 1.30 bits per heavy atom. The number of hydrogen-bond acceptors (Lipinski definition) is 5. The van der Waals surface area contributed by atoms with Crippen molar-refractivity contribution in [2.45, 2.75) is 12.8 Å². The van der Waals surface area contributed by atoms with Gasteiger partial charge in [0.2, 0.25) is 5.65 Å². The van der Waals surface area contributed by atoms with Crippen LogP contribution < -0.4 is 10.6 Å². The second kappa shape index (κ2) is 4.48. The zero-order chi connectivity index (χ0) is 13.4. The lowest BCUT2D eigenvalue weighted by molar-refractivity contribution is 0.830. The van der Waals surface area contributed by atoms with Gasteiger partial charge in [0.25, 0.3) is 0 Å². The summed E-state index contributed by atoms with van der Waals surface area (Å²) in [6, 6.07) is 6.34. The van der Waals surface area contributed by atoms with Crippen LogP contribution in [-0.4, -0.2) is 26.1 Å². The first kappa shape index (κ1) is 11.2. The minimum Gasteiger partial charge on any atom is -0.385 e. The molecule has 0 saturated heterocycles. The van der Waals surface area contributed by atoms with Crippen molar-refractivity contribution in [3.63, 3.8) is 0 Å². The smallest absolute Gasteiger partial charge is 0.203 e. The fourth-order valence-corrected chi connectivity index (χ4v) is 2.54. The molecule has 0 radical (unpaired) electrons. The van der Waals surface area contributed by atoms with Gasteiger partial charge in [-0.3, -0.25) is 4.40 Å². The predicted molar refractivity (Wildman–Crippen MR) is 77.3 cm³/mol. The average molecular weight is 266 g/mol. The lowest BCUT2D eigenvalue weighted by Crippen LogP contribution is -2.11. The van der Waals surface area contributed by atoms with Crippen molar-refractivity contribution in [2.75, 3.05) is 17.2 Å². The molecule has 20 heavy (non-hydrogen) atoms. The number of anilines is 3. The van der Waals surface area contributed by atoms with E-state index in [9.17, 15) is 0 Å². The topological polar surface area (TPSA) is 67.1 Å². The quantitative estimate of drug-likeness (QED) is 0.744. The molecular weight excluding hydrogens is 252 g/mol. The van der Waals surface area contributed by atoms with Gasteiger partial charge in [-0.15, -0.1) is 10.2 Å². The van der Waals surface area contributed by atoms with Gasteiger partial charge < -0.3 is 10.6 Å². The van der Waals surface area contributed by atoms with Gasteiger partial charge in [-0.25, -0.2) is 4.98 Å². The van der Waals surface area contributed by atoms with Crippen LogP contribution >= 0.6 is 0 Å². The molecule has 0 amide bonds. The highest BCUT2D eigenvalue weighted by atomic mass is 15.2. The molecule has 1 aromatic carbocycles. The summed E-state index contributed by atoms with van der Waals surface area (Å²) < 4.78 is 1.84. The summed E-state index contributed by atoms with van der Waals surface area (Å²) in [6.45, 7) is 1.06. The lowest BCUT2D eigenvalue weighted by Gasteiger charge is -2.19. The molecular formula is C14H14N6. The molecule has 2 aromatic heterocycles. The fourth-order valence-electron chi connectivity index (χ4n) is 2.54. The number of nitrogens with one attached hydrogen (secondary N) is 2. The second-order valence-corrected chi connectivity index (χ2v) is 4.86. The van der Waals surface area contributed by atoms with Crippen molar-refractivity contribution in [3.8, 4) is 0 Å². The van der Waals surface area contributed by atoms with Crippen molar-refractivity contribution >= 4 is 22.8 Å². The molecule has 4 rings (SSSR count). The molecule has 0 unspecified atom stereocenters. The molecule has 0 aliphatic carbocycles. The number of rotatable bonds is 2. The Morgan fingerprint density at radius 2 is 2.30 bits per heavy atom. The molecule has 3 aromatic rings. The molecule has 6 heteroatoms. The van der Waals surface area contributed by atoms with Gasteiger partial charge in [-0.05, 0) is 36.6 Å². The number of benzene rings is 1. The zero-order valence-electron chi connectivity index (χ0n) is 10.9. The van der Waals surface area contributed by atoms with Gasteiger partial charge in [0.05, 0.1) is 0 Å². The minimum atomic E-state index is 0.716. The van der Waals surface area contributed by atoms with Gasteiger partial charge in [-0.2, -0.15) is 0 Å². The number of aromatic nitrogens is 4. The van der Waals surface area contributed by atoms with Crippen LogP contribution in [0.2, 0.25) is 0 Å². The maximum absolute atomic E-state index is 4.34. The van der Waals surface area contributed by atoms with Crippen LogP contribution in [0.4, 0.5) is 17.2 Å². The normalized spacial score (nSPS) is 13.8. The van der Waals surface area contributed by atoms with Crippen molar-refractivity contribution < 1.29 is 0 Å². The summed E-state index contributed by atoms with van der Waals surface area (Å²) in [6.07, 6.45) is 7.52. The Morgan fingerprint density at radius 3 is 3.30 bits per heavy atom. The van der Waals surface area contributed by atoms with Gasteiger partial charge in [0, 0.05) is 30.3 Å². The zero-order valence-corrected chi connectivity index (χ0v) is 10.9. The van der Waals surface area contributed by atoms with E-state index in [1.54, 1.807) is 12.5 Å². The summed E-state index contributed by atoms with van der Waals surface area (Å²) >= 11 is 0. The Labute approximate surface area is 115 Å². The minimum absolute atomic E-state index is 0.716. The molecule has 0 atom stereocenters. The molecule has 0 spiro atoms. The first-order valence-electron chi connectivity index (χ1n) is 6.68. The SMILES string of the molecule is c1cn2cnnc2c(Nc2ccc3c(c2)CCCN3)n1. The third-order valence-corrected chi connectivity index (χ3v) is 3.52. The molecule has 100 valence electrons. The van der Waals surface area contributed by atoms with E-state index in [1.165, 1.54) is 17.7 Å². The van der Waals surface area contributed by atoms with E-state index >= 15 is 0 Å². The summed E-state index contributed by atoms with van der Waals surface area (Å²) in [7, 11) is 0. The number of nitrogens with zero attached hydrogens (tertiary/aromatic N) is 4. The standard InChI is InChI=1S/C14H14N6/c1-2-10-8-11(3-4-12(10)15-5-1)18-13-14-19-17-9-20(14)7-6-16-13/h3-4,6-9,15H,1-2,5H2,(H,16,18). The molecule has 3 heterocycles. The third kappa shape index (κ3) is 1.85. The van der Waals surface area contributed by atoms with Gasteiger partial charge in [0.1, 0.15) is 6.33 Å². The largest absolute Gasteiger partial charge is 0.385 e. The van der Waals surface area contributed by atoms with Gasteiger partial charge >= 0.3 is 0 Å². The van der Waals surface area contributed by atoms with Crippen LogP contribution in [0.5, 0.6) is 0 Å². The fraction of sp³-hybridized carbons (Fsp3) is 0.214. The van der Waals surface area contributed by atoms with E-state index in [0.29, 0.717) is 5.82 Å². The second-order valence-electron chi connectivity index (χ2n) is 4.86. The van der Waals surface area contributed by atoms with Crippen molar-refractivity contribution in [3.05, 3.63) is 42.5 Å². The van der Waals surface area contributed by atoms with E-state index in [2.05, 4.69) is 44.0 Å². The van der Waals surface area contributed by atoms with E-state index in [4.69, 9.17) is 0 Å². The van der Waals surface area contributed by atoms with Gasteiger partial charge in [-0.1, -0.05) is 0 Å². The first-order valence-corrected chi connectivity index (χ1v) is 6.68. The average Bonchev–Trinajstić information content (AvgIpc) is 2.97. The van der Waals surface area contributed by atoms with Gasteiger partial charge in [0.15, 0.2) is 5.82 Å². The Kier molecular flexibility index (Phi) is 2.51. The van der Waals surface area contributed by atoms with Crippen LogP contribution in [-0.2, 0) is 6.42 Å². The first-order chi connectivity index (χ1) is 9.90. The highest BCUT2D eigenvalue weighted by Crippen LogP contribution is 2.27. The van der Waals surface area contributed by atoms with Crippen LogP contribution in [0.15, 0.2) is 36.9 Å². The maximum Gasteiger partial charge on any atom is 0.203 e. The van der Waals surface area contributed by atoms with Crippen molar-refractivity contribution in [2.24, 2.45) is 0 Å².